The number of likely N-dealkylation sites (tertiary alicyclic amines) is 1. The average molecular weight is 805 g/mol. The van der Waals surface area contributed by atoms with Crippen LogP contribution < -0.4 is 16.0 Å². The van der Waals surface area contributed by atoms with Gasteiger partial charge in [0.1, 0.15) is 29.0 Å². The molecule has 4 amide bonds. The zero-order chi connectivity index (χ0) is 42.2. The fraction of sp³-hybridized carbons (Fsp3) is 0.381. The number of carbonyl (C=O) groups is 5. The Morgan fingerprint density at radius 3 is 2.19 bits per heavy atom. The number of piperidine rings is 1. The van der Waals surface area contributed by atoms with Crippen molar-refractivity contribution in [2.75, 3.05) is 25.0 Å². The number of alkyl carbamates (subject to hydrolysis) is 1. The molecule has 0 bridgehead atoms. The first kappa shape index (κ1) is 43.1. The van der Waals surface area contributed by atoms with E-state index in [9.17, 15) is 37.1 Å². The first-order valence-electron chi connectivity index (χ1n) is 18.7. The van der Waals surface area contributed by atoms with E-state index in [0.29, 0.717) is 18.4 Å². The molecule has 0 aliphatic carbocycles. The van der Waals surface area contributed by atoms with Crippen molar-refractivity contribution in [3.05, 3.63) is 119 Å². The number of imidazole rings is 1. The highest BCUT2D eigenvalue weighted by molar-refractivity contribution is 5.99. The van der Waals surface area contributed by atoms with Crippen LogP contribution in [0.2, 0.25) is 0 Å². The lowest BCUT2D eigenvalue weighted by molar-refractivity contribution is -0.134. The Hall–Kier alpha value is -6.03. The third-order valence-corrected chi connectivity index (χ3v) is 9.35. The molecular formula is C42H47F3N6O7. The first-order chi connectivity index (χ1) is 27.4. The second kappa shape index (κ2) is 18.5. The van der Waals surface area contributed by atoms with Crippen molar-refractivity contribution in [2.45, 2.75) is 77.3 Å². The molecule has 4 aromatic rings. The minimum atomic E-state index is -1.53. The minimum Gasteiger partial charge on any atom is -0.444 e. The molecule has 1 fully saturated rings. The van der Waals surface area contributed by atoms with Crippen molar-refractivity contribution >= 4 is 35.4 Å². The third kappa shape index (κ3) is 11.5. The van der Waals surface area contributed by atoms with E-state index in [1.54, 1.807) is 20.8 Å². The van der Waals surface area contributed by atoms with E-state index in [2.05, 4.69) is 20.9 Å². The summed E-state index contributed by atoms with van der Waals surface area (Å²) in [4.78, 5) is 72.8. The molecule has 1 saturated heterocycles. The van der Waals surface area contributed by atoms with Gasteiger partial charge in [-0.1, -0.05) is 36.4 Å². The summed E-state index contributed by atoms with van der Waals surface area (Å²) in [5.74, 6) is -5.32. The Bertz CT molecular complexity index is 2100. The normalized spacial score (nSPS) is 14.6. The molecule has 0 saturated carbocycles. The quantitative estimate of drug-likeness (QED) is 0.132. The Kier molecular flexibility index (Phi) is 13.7. The number of Topliss-reactive ketones (excluding diaryl/α,β-unsaturated/α-hetero) is 1. The lowest BCUT2D eigenvalue weighted by Crippen LogP contribution is -2.59. The van der Waals surface area contributed by atoms with Crippen LogP contribution in [-0.4, -0.2) is 80.9 Å². The molecule has 58 heavy (non-hydrogen) atoms. The van der Waals surface area contributed by atoms with Gasteiger partial charge in [0.25, 0.3) is 5.91 Å². The number of anilines is 1. The van der Waals surface area contributed by atoms with Crippen LogP contribution in [0.4, 0.5) is 23.8 Å². The van der Waals surface area contributed by atoms with Gasteiger partial charge < -0.3 is 34.9 Å². The van der Waals surface area contributed by atoms with Crippen LogP contribution in [0.3, 0.4) is 0 Å². The maximum absolute atomic E-state index is 14.6. The van der Waals surface area contributed by atoms with Crippen LogP contribution in [0.25, 0.3) is 0 Å². The lowest BCUT2D eigenvalue weighted by Gasteiger charge is -2.34. The van der Waals surface area contributed by atoms with E-state index in [1.165, 1.54) is 66.2 Å². The van der Waals surface area contributed by atoms with E-state index in [4.69, 9.17) is 9.47 Å². The Morgan fingerprint density at radius 2 is 1.55 bits per heavy atom. The molecule has 2 atom stereocenters. The van der Waals surface area contributed by atoms with Gasteiger partial charge in [0, 0.05) is 30.8 Å². The summed E-state index contributed by atoms with van der Waals surface area (Å²) in [7, 11) is 0. The number of aromatic nitrogens is 2. The molecule has 308 valence electrons. The number of halogens is 3. The Labute approximate surface area is 334 Å². The van der Waals surface area contributed by atoms with Crippen LogP contribution in [0.1, 0.15) is 75.0 Å². The number of hydrogen-bond acceptors (Lipinski definition) is 8. The molecule has 3 N–H and O–H groups in total. The number of ketones is 1. The molecule has 2 heterocycles. The maximum Gasteiger partial charge on any atom is 0.408 e. The highest BCUT2D eigenvalue weighted by Crippen LogP contribution is 2.28. The summed E-state index contributed by atoms with van der Waals surface area (Å²) in [6.45, 7) is 8.08. The van der Waals surface area contributed by atoms with Crippen molar-refractivity contribution in [1.82, 2.24) is 25.1 Å². The van der Waals surface area contributed by atoms with Gasteiger partial charge in [-0.15, -0.1) is 0 Å². The van der Waals surface area contributed by atoms with Gasteiger partial charge in [-0.3, -0.25) is 19.2 Å². The van der Waals surface area contributed by atoms with Crippen molar-refractivity contribution in [3.63, 3.8) is 0 Å². The second-order valence-corrected chi connectivity index (χ2v) is 15.5. The molecule has 2 unspecified atom stereocenters. The monoisotopic (exact) mass is 804 g/mol. The van der Waals surface area contributed by atoms with Gasteiger partial charge in [0.2, 0.25) is 11.8 Å². The van der Waals surface area contributed by atoms with E-state index in [-0.39, 0.29) is 43.5 Å². The molecule has 5 rings (SSSR count). The molecule has 0 radical (unpaired) electrons. The first-order valence-corrected chi connectivity index (χ1v) is 18.7. The average Bonchev–Trinajstić information content (AvgIpc) is 3.62. The number of rotatable bonds is 14. The van der Waals surface area contributed by atoms with Crippen molar-refractivity contribution in [1.29, 1.82) is 0 Å². The van der Waals surface area contributed by atoms with Crippen molar-refractivity contribution in [2.24, 2.45) is 5.92 Å². The lowest BCUT2D eigenvalue weighted by atomic mass is 9.88. The van der Waals surface area contributed by atoms with Gasteiger partial charge in [0.05, 0.1) is 19.5 Å². The number of nitrogens with zero attached hydrogens (tertiary/aromatic N) is 3. The predicted octanol–water partition coefficient (Wildman–Crippen LogP) is 5.95. The van der Waals surface area contributed by atoms with E-state index < -0.39 is 70.4 Å². The van der Waals surface area contributed by atoms with Gasteiger partial charge in [-0.2, -0.15) is 0 Å². The topological polar surface area (TPSA) is 161 Å². The molecule has 1 aliphatic heterocycles. The van der Waals surface area contributed by atoms with Crippen LogP contribution in [0, 0.1) is 23.4 Å². The SMILES string of the molecule is CC(C)(C)OC(=O)NC(C)(C)C(=O)NC(COCc1ccccc1)C(=O)Nc1cn(C(C(=O)N2CCC(C(=O)c3ccc(F)cc3)CC2)c2ccc(F)c(F)c2)cn1. The van der Waals surface area contributed by atoms with Crippen LogP contribution >= 0.6 is 0 Å². The zero-order valence-electron chi connectivity index (χ0n) is 32.9. The highest BCUT2D eigenvalue weighted by Gasteiger charge is 2.36. The number of nitrogens with one attached hydrogen (secondary N) is 3. The van der Waals surface area contributed by atoms with Crippen LogP contribution in [0.5, 0.6) is 0 Å². The standard InChI is InChI=1S/C42H47F3N6O7/c1-41(2,3)58-40(56)49-42(4,5)39(55)47-33(24-57-23-26-9-7-6-8-10-26)37(53)48-34-22-51(25-46-34)35(29-13-16-31(44)32(45)21-29)38(54)50-19-17-28(18-20-50)36(52)27-11-14-30(43)15-12-27/h6-16,21-22,25,28,33,35H,17-20,23-24H2,1-5H3,(H,47,55)(H,48,53)(H,49,56). The Balaban J connectivity index is 1.32. The summed E-state index contributed by atoms with van der Waals surface area (Å²) < 4.78 is 54.5. The summed E-state index contributed by atoms with van der Waals surface area (Å²) in [5, 5.41) is 7.75. The summed E-state index contributed by atoms with van der Waals surface area (Å²) in [6, 6.07) is 14.9. The minimum absolute atomic E-state index is 0.0394. The smallest absolute Gasteiger partial charge is 0.408 e. The van der Waals surface area contributed by atoms with E-state index in [0.717, 1.165) is 17.7 Å². The second-order valence-electron chi connectivity index (χ2n) is 15.5. The van der Waals surface area contributed by atoms with Crippen LogP contribution in [0.15, 0.2) is 85.3 Å². The van der Waals surface area contributed by atoms with E-state index >= 15 is 0 Å². The zero-order valence-corrected chi connectivity index (χ0v) is 32.9. The molecule has 1 aliphatic rings. The number of carbonyl (C=O) groups excluding carboxylic acids is 5. The molecule has 0 spiro atoms. The van der Waals surface area contributed by atoms with Crippen LogP contribution in [-0.2, 0) is 30.5 Å². The predicted molar refractivity (Wildman–Crippen MR) is 207 cm³/mol. The molecule has 16 heteroatoms. The molecule has 3 aromatic carbocycles. The van der Waals surface area contributed by atoms with Gasteiger partial charge in [-0.05, 0) is 95.0 Å². The van der Waals surface area contributed by atoms with Crippen molar-refractivity contribution in [3.8, 4) is 0 Å². The fourth-order valence-corrected chi connectivity index (χ4v) is 6.27. The number of hydrogen-bond donors (Lipinski definition) is 3. The number of benzene rings is 3. The Morgan fingerprint density at radius 1 is 0.879 bits per heavy atom. The highest BCUT2D eigenvalue weighted by atomic mass is 19.2. The summed E-state index contributed by atoms with van der Waals surface area (Å²) in [6.07, 6.45) is 2.39. The van der Waals surface area contributed by atoms with Gasteiger partial charge >= 0.3 is 6.09 Å². The summed E-state index contributed by atoms with van der Waals surface area (Å²) >= 11 is 0. The molecule has 1 aromatic heterocycles. The third-order valence-electron chi connectivity index (χ3n) is 9.35. The molecular weight excluding hydrogens is 757 g/mol. The van der Waals surface area contributed by atoms with Gasteiger partial charge in [0.15, 0.2) is 23.2 Å². The van der Waals surface area contributed by atoms with Crippen molar-refractivity contribution < 1.29 is 46.6 Å². The number of amides is 4. The maximum atomic E-state index is 14.6. The summed E-state index contributed by atoms with van der Waals surface area (Å²) in [5.41, 5.74) is -1.07. The van der Waals surface area contributed by atoms with Gasteiger partial charge in [-0.25, -0.2) is 22.9 Å². The number of ether oxygens (including phenoxy) is 2. The molecule has 13 nitrogen and oxygen atoms in total. The fourth-order valence-electron chi connectivity index (χ4n) is 6.27. The van der Waals surface area contributed by atoms with E-state index in [1.807, 2.05) is 30.3 Å². The largest absolute Gasteiger partial charge is 0.444 e.